The van der Waals surface area contributed by atoms with Crippen molar-refractivity contribution in [2.24, 2.45) is 29.6 Å². The quantitative estimate of drug-likeness (QED) is 0.313. The summed E-state index contributed by atoms with van der Waals surface area (Å²) in [6.07, 6.45) is 9.93. The minimum Gasteiger partial charge on any atom is -0.0998 e. The summed E-state index contributed by atoms with van der Waals surface area (Å²) in [6, 6.07) is 0. The van der Waals surface area contributed by atoms with E-state index in [1.54, 1.807) is 0 Å². The molecule has 1 saturated carbocycles. The van der Waals surface area contributed by atoms with E-state index >= 15 is 0 Å². The van der Waals surface area contributed by atoms with E-state index < -0.39 is 0 Å². The van der Waals surface area contributed by atoms with Gasteiger partial charge in [-0.3, -0.25) is 0 Å². The lowest BCUT2D eigenvalue weighted by atomic mass is 9.86. The molecule has 19 heavy (non-hydrogen) atoms. The van der Waals surface area contributed by atoms with Gasteiger partial charge in [-0.05, 0) is 42.9 Å². The van der Waals surface area contributed by atoms with Crippen molar-refractivity contribution in [1.82, 2.24) is 0 Å². The molecule has 0 N–H and O–H groups in total. The van der Waals surface area contributed by atoms with Gasteiger partial charge in [0.2, 0.25) is 0 Å². The van der Waals surface area contributed by atoms with Crippen LogP contribution in [0.5, 0.6) is 0 Å². The highest BCUT2D eigenvalue weighted by atomic mass is 14.5. The van der Waals surface area contributed by atoms with Crippen LogP contribution in [0.3, 0.4) is 0 Å². The van der Waals surface area contributed by atoms with Gasteiger partial charge in [-0.2, -0.15) is 0 Å². The van der Waals surface area contributed by atoms with Crippen LogP contribution in [0.1, 0.15) is 79.6 Å². The molecule has 112 valence electrons. The fourth-order valence-electron chi connectivity index (χ4n) is 3.72. The Morgan fingerprint density at radius 1 is 1.05 bits per heavy atom. The molecule has 0 saturated heterocycles. The Morgan fingerprint density at radius 2 is 1.68 bits per heavy atom. The Morgan fingerprint density at radius 3 is 2.21 bits per heavy atom. The largest absolute Gasteiger partial charge is 0.0998 e. The molecular weight excluding hydrogens is 228 g/mol. The maximum absolute atomic E-state index is 4.14. The van der Waals surface area contributed by atoms with Gasteiger partial charge in [-0.1, -0.05) is 78.4 Å². The maximum Gasteiger partial charge on any atom is -0.0149 e. The summed E-state index contributed by atoms with van der Waals surface area (Å²) in [5.74, 6) is 4.51. The molecular formula is C19H36. The monoisotopic (exact) mass is 264 g/mol. The third-order valence-electron chi connectivity index (χ3n) is 5.57. The van der Waals surface area contributed by atoms with Crippen molar-refractivity contribution in [2.45, 2.75) is 79.6 Å². The normalized spacial score (nSPS) is 29.0. The van der Waals surface area contributed by atoms with Crippen LogP contribution in [-0.4, -0.2) is 0 Å². The van der Waals surface area contributed by atoms with Crippen LogP contribution >= 0.6 is 0 Å². The van der Waals surface area contributed by atoms with Crippen molar-refractivity contribution < 1.29 is 0 Å². The lowest BCUT2D eigenvalue weighted by molar-refractivity contribution is 0.318. The van der Waals surface area contributed by atoms with Gasteiger partial charge in [0.25, 0.3) is 0 Å². The van der Waals surface area contributed by atoms with Crippen molar-refractivity contribution in [2.75, 3.05) is 0 Å². The van der Waals surface area contributed by atoms with Gasteiger partial charge < -0.3 is 0 Å². The van der Waals surface area contributed by atoms with Gasteiger partial charge in [0.1, 0.15) is 0 Å². The molecule has 0 nitrogen and oxygen atoms in total. The molecule has 0 aromatic carbocycles. The van der Waals surface area contributed by atoms with Crippen LogP contribution in [-0.2, 0) is 0 Å². The first-order chi connectivity index (χ1) is 8.99. The predicted molar refractivity (Wildman–Crippen MR) is 87.3 cm³/mol. The van der Waals surface area contributed by atoms with Crippen molar-refractivity contribution in [3.05, 3.63) is 12.2 Å². The molecule has 1 rings (SSSR count). The number of hydrogen-bond acceptors (Lipinski definition) is 0. The van der Waals surface area contributed by atoms with E-state index in [0.29, 0.717) is 0 Å². The first-order valence-electron chi connectivity index (χ1n) is 8.64. The summed E-state index contributed by atoms with van der Waals surface area (Å²) in [5, 5.41) is 0. The minimum absolute atomic E-state index is 0.840. The van der Waals surface area contributed by atoms with E-state index in [9.17, 15) is 0 Å². The molecule has 0 amide bonds. The second kappa shape index (κ2) is 8.12. The third-order valence-corrected chi connectivity index (χ3v) is 5.57. The lowest BCUT2D eigenvalue weighted by Gasteiger charge is -2.20. The zero-order chi connectivity index (χ0) is 14.4. The SMILES string of the molecule is C=C(C)C1C(C)C1CCC(C)C(C)CCCCCC. The van der Waals surface area contributed by atoms with E-state index in [-0.39, 0.29) is 0 Å². The molecule has 5 atom stereocenters. The average Bonchev–Trinajstić information content (AvgIpc) is 3.02. The summed E-state index contributed by atoms with van der Waals surface area (Å²) in [6.45, 7) is 16.0. The summed E-state index contributed by atoms with van der Waals surface area (Å²) in [5.41, 5.74) is 1.41. The number of allylic oxidation sites excluding steroid dienone is 1. The van der Waals surface area contributed by atoms with Crippen molar-refractivity contribution in [1.29, 1.82) is 0 Å². The lowest BCUT2D eigenvalue weighted by Crippen LogP contribution is -2.08. The molecule has 0 bridgehead atoms. The van der Waals surface area contributed by atoms with Gasteiger partial charge in [-0.15, -0.1) is 0 Å². The molecule has 0 heteroatoms. The Kier molecular flexibility index (Phi) is 7.18. The van der Waals surface area contributed by atoms with E-state index in [0.717, 1.165) is 29.6 Å². The highest BCUT2D eigenvalue weighted by molar-refractivity contribution is 5.12. The van der Waals surface area contributed by atoms with E-state index in [1.165, 1.54) is 50.5 Å². The number of rotatable bonds is 10. The van der Waals surface area contributed by atoms with Crippen molar-refractivity contribution in [3.8, 4) is 0 Å². The molecule has 1 aliphatic carbocycles. The molecule has 0 radical (unpaired) electrons. The van der Waals surface area contributed by atoms with E-state index in [2.05, 4.69) is 41.2 Å². The van der Waals surface area contributed by atoms with Gasteiger partial charge in [0.05, 0.1) is 0 Å². The van der Waals surface area contributed by atoms with Crippen LogP contribution in [0.25, 0.3) is 0 Å². The summed E-state index contributed by atoms with van der Waals surface area (Å²) in [4.78, 5) is 0. The molecule has 5 unspecified atom stereocenters. The summed E-state index contributed by atoms with van der Waals surface area (Å²) in [7, 11) is 0. The Balaban J connectivity index is 2.13. The molecule has 0 heterocycles. The van der Waals surface area contributed by atoms with E-state index in [1.807, 2.05) is 0 Å². The van der Waals surface area contributed by atoms with Crippen LogP contribution < -0.4 is 0 Å². The molecule has 0 spiro atoms. The number of unbranched alkanes of at least 4 members (excludes halogenated alkanes) is 3. The average molecular weight is 264 g/mol. The third kappa shape index (κ3) is 5.32. The summed E-state index contributed by atoms with van der Waals surface area (Å²) >= 11 is 0. The standard InChI is InChI=1S/C19H36/c1-7-8-9-10-11-15(4)16(5)12-13-18-17(6)19(18)14(2)3/h15-19H,2,7-13H2,1,3-6H3. The molecule has 1 fully saturated rings. The number of hydrogen-bond donors (Lipinski definition) is 0. The predicted octanol–water partition coefficient (Wildman–Crippen LogP) is 6.47. The fraction of sp³-hybridized carbons (Fsp3) is 0.895. The van der Waals surface area contributed by atoms with Crippen LogP contribution in [0, 0.1) is 29.6 Å². The molecule has 1 aliphatic rings. The Bertz CT molecular complexity index is 265. The fourth-order valence-corrected chi connectivity index (χ4v) is 3.72. The zero-order valence-electron chi connectivity index (χ0n) is 14.0. The van der Waals surface area contributed by atoms with Gasteiger partial charge in [-0.25, -0.2) is 0 Å². The van der Waals surface area contributed by atoms with E-state index in [4.69, 9.17) is 0 Å². The second-order valence-electron chi connectivity index (χ2n) is 7.28. The first kappa shape index (κ1) is 16.8. The Hall–Kier alpha value is -0.260. The highest BCUT2D eigenvalue weighted by Crippen LogP contribution is 2.53. The van der Waals surface area contributed by atoms with Gasteiger partial charge in [0.15, 0.2) is 0 Å². The zero-order valence-corrected chi connectivity index (χ0v) is 14.0. The summed E-state index contributed by atoms with van der Waals surface area (Å²) < 4.78 is 0. The van der Waals surface area contributed by atoms with Gasteiger partial charge >= 0.3 is 0 Å². The molecule has 0 aromatic heterocycles. The maximum atomic E-state index is 4.14. The van der Waals surface area contributed by atoms with Crippen LogP contribution in [0.15, 0.2) is 12.2 Å². The Labute approximate surface area is 122 Å². The van der Waals surface area contributed by atoms with Crippen molar-refractivity contribution >= 4 is 0 Å². The van der Waals surface area contributed by atoms with Gasteiger partial charge in [0, 0.05) is 0 Å². The highest BCUT2D eigenvalue weighted by Gasteiger charge is 2.46. The van der Waals surface area contributed by atoms with Crippen LogP contribution in [0.4, 0.5) is 0 Å². The molecule has 0 aromatic rings. The van der Waals surface area contributed by atoms with Crippen LogP contribution in [0.2, 0.25) is 0 Å². The first-order valence-corrected chi connectivity index (χ1v) is 8.64. The minimum atomic E-state index is 0.840. The van der Waals surface area contributed by atoms with Crippen molar-refractivity contribution in [3.63, 3.8) is 0 Å². The topological polar surface area (TPSA) is 0 Å². The second-order valence-corrected chi connectivity index (χ2v) is 7.28. The smallest absolute Gasteiger partial charge is 0.0149 e. The molecule has 0 aliphatic heterocycles.